The lowest BCUT2D eigenvalue weighted by Crippen LogP contribution is -2.53. The number of nitrogens with two attached hydrogens (primary N) is 4. The number of amides is 8. The number of likely N-dealkylation sites (tertiary alicyclic amines) is 4. The highest BCUT2D eigenvalue weighted by atomic mass is 79.9. The number of nitrogens with zero attached hydrogens (tertiary/aromatic N) is 12. The number of hydrogen-bond donors (Lipinski definition) is 8. The fourth-order valence-corrected chi connectivity index (χ4v) is 18.1. The number of fused-ring (bicyclic) bond motifs is 6. The van der Waals surface area contributed by atoms with Gasteiger partial charge in [0, 0.05) is 146 Å². The average Bonchev–Trinajstić information content (AvgIpc) is 1.62. The summed E-state index contributed by atoms with van der Waals surface area (Å²) in [6, 6.07) is 14.5. The first-order valence-electron chi connectivity index (χ1n) is 39.1. The van der Waals surface area contributed by atoms with E-state index < -0.39 is 23.6 Å². The van der Waals surface area contributed by atoms with Crippen LogP contribution in [0.15, 0.2) is 104 Å². The second-order valence-corrected chi connectivity index (χ2v) is 32.0. The number of carbonyl (C=O) groups excluding carboxylic acids is 8. The molecular formula is C84H97BrCl2N20O14. The standard InChI is InChI=1S/C22H27N5O4.C21H24BrN5O4.C21H25N5O4.C20H21Cl2N5O2/c1-5-18(28)26-10-14(11-26)15-6-7-24-22-19(21(23)29)20(25-27(15)22)13-8-16(30-3)12(2)17(9-13)31-4;1-4-16(28)26-9-12(10-26)13-5-6-24-21-17(20(23)29)19(25-27(13)21)11-7-14(30-2)18(22)15(8-11)31-3;1-5-17(27)25-9-13-8-23-21-18(20(22)28)19(24-26(21)14(13)10-25)12-6-15(29-3)11(2)16(7-12)30-4;1-3-16(28)26-8-12(9-26)15-4-5-24-20-17(19(23)29)18(25-27(15)20)11-6-13(21)10(2)14(22)7-11/h5,8-9,14-15,24H,1,6-7,10-11H2,2-4H3,(H2,23,29);4,7-8,12-13,24H,1,5-6,9-10H2,2-3H3,(H2,23,29);5-7,13-14,23H,1,8-10H2,2-4H3,(H2,22,28);3,6-7,12,15,24H,1,4-5,8-9H2,2H3,(H2,23,29). The highest BCUT2D eigenvalue weighted by Crippen LogP contribution is 2.48. The molecule has 37 heteroatoms. The van der Waals surface area contributed by atoms with Crippen molar-refractivity contribution in [3.05, 3.63) is 153 Å². The van der Waals surface area contributed by atoms with Gasteiger partial charge in [0.1, 0.15) is 107 Å². The van der Waals surface area contributed by atoms with Crippen molar-refractivity contribution in [3.63, 3.8) is 0 Å². The van der Waals surface area contributed by atoms with Gasteiger partial charge in [-0.15, -0.1) is 0 Å². The van der Waals surface area contributed by atoms with Crippen LogP contribution in [-0.4, -0.2) is 227 Å². The number of primary amides is 4. The molecule has 8 aromatic rings. The summed E-state index contributed by atoms with van der Waals surface area (Å²) < 4.78 is 40.8. The van der Waals surface area contributed by atoms with Crippen LogP contribution in [0.5, 0.6) is 34.5 Å². The molecule has 4 aromatic heterocycles. The molecule has 0 radical (unpaired) electrons. The third-order valence-corrected chi connectivity index (χ3v) is 25.2. The zero-order valence-electron chi connectivity index (χ0n) is 68.5. The Morgan fingerprint density at radius 3 is 0.901 bits per heavy atom. The molecule has 8 aliphatic rings. The summed E-state index contributed by atoms with van der Waals surface area (Å²) in [4.78, 5) is 104. The quantitative estimate of drug-likeness (QED) is 0.0310. The lowest BCUT2D eigenvalue weighted by Gasteiger charge is -2.44. The molecule has 8 amide bonds. The van der Waals surface area contributed by atoms with E-state index in [9.17, 15) is 38.4 Å². The van der Waals surface area contributed by atoms with Crippen LogP contribution in [0, 0.1) is 44.4 Å². The van der Waals surface area contributed by atoms with Crippen molar-refractivity contribution in [1.29, 1.82) is 0 Å². The minimum absolute atomic E-state index is 0.0498. The summed E-state index contributed by atoms with van der Waals surface area (Å²) in [5.41, 5.74) is 31.3. The summed E-state index contributed by atoms with van der Waals surface area (Å²) in [6.07, 6.45) is 7.82. The molecule has 638 valence electrons. The Morgan fingerprint density at radius 1 is 0.380 bits per heavy atom. The smallest absolute Gasteiger partial charge is 0.254 e. The first kappa shape index (κ1) is 86.4. The number of rotatable bonds is 21. The van der Waals surface area contributed by atoms with Crippen molar-refractivity contribution in [2.75, 3.05) is 142 Å². The summed E-state index contributed by atoms with van der Waals surface area (Å²) in [5, 5.41) is 33.2. The van der Waals surface area contributed by atoms with Crippen LogP contribution in [0.4, 0.5) is 23.3 Å². The molecular weight excluding hydrogens is 1660 g/mol. The molecule has 4 saturated heterocycles. The molecule has 4 aromatic carbocycles. The number of hydrogen-bond acceptors (Lipinski definition) is 22. The van der Waals surface area contributed by atoms with Crippen molar-refractivity contribution in [2.24, 2.45) is 46.6 Å². The van der Waals surface area contributed by atoms with Gasteiger partial charge in [0.05, 0.1) is 66.8 Å². The van der Waals surface area contributed by atoms with E-state index in [4.69, 9.17) is 95.0 Å². The van der Waals surface area contributed by atoms with Gasteiger partial charge >= 0.3 is 0 Å². The Bertz CT molecular complexity index is 5260. The van der Waals surface area contributed by atoms with Gasteiger partial charge in [0.2, 0.25) is 23.6 Å². The van der Waals surface area contributed by atoms with E-state index in [0.29, 0.717) is 218 Å². The Hall–Kier alpha value is -12.5. The number of ether oxygens (including phenoxy) is 6. The zero-order valence-corrected chi connectivity index (χ0v) is 71.6. The maximum Gasteiger partial charge on any atom is 0.254 e. The predicted molar refractivity (Wildman–Crippen MR) is 461 cm³/mol. The van der Waals surface area contributed by atoms with E-state index in [0.717, 1.165) is 36.0 Å². The maximum atomic E-state index is 12.4. The topological polar surface area (TPSA) is 428 Å². The van der Waals surface area contributed by atoms with Crippen LogP contribution in [-0.2, 0) is 19.2 Å². The Balaban J connectivity index is 0.000000139. The summed E-state index contributed by atoms with van der Waals surface area (Å²) in [6.45, 7) is 27.5. The third kappa shape index (κ3) is 16.4. The number of carbonyl (C=O) groups is 8. The van der Waals surface area contributed by atoms with Crippen LogP contribution >= 0.6 is 39.1 Å². The molecule has 0 aliphatic carbocycles. The van der Waals surface area contributed by atoms with Crippen molar-refractivity contribution >= 4 is 110 Å². The van der Waals surface area contributed by atoms with E-state index in [1.54, 1.807) is 91.2 Å². The predicted octanol–water partition coefficient (Wildman–Crippen LogP) is 9.26. The molecule has 0 spiro atoms. The van der Waals surface area contributed by atoms with E-state index in [2.05, 4.69) is 63.5 Å². The van der Waals surface area contributed by atoms with Crippen molar-refractivity contribution in [2.45, 2.75) is 64.2 Å². The number of benzene rings is 4. The normalized spacial score (nSPS) is 18.5. The molecule has 4 fully saturated rings. The summed E-state index contributed by atoms with van der Waals surface area (Å²) >= 11 is 16.1. The molecule has 12 heterocycles. The number of nitrogens with one attached hydrogen (secondary N) is 4. The van der Waals surface area contributed by atoms with Crippen molar-refractivity contribution in [1.82, 2.24) is 58.7 Å². The Morgan fingerprint density at radius 2 is 0.628 bits per heavy atom. The van der Waals surface area contributed by atoms with Gasteiger partial charge in [-0.05, 0) is 134 Å². The lowest BCUT2D eigenvalue weighted by atomic mass is 9.88. The zero-order chi connectivity index (χ0) is 87.0. The number of aromatic nitrogens is 8. The number of anilines is 4. The van der Waals surface area contributed by atoms with Crippen LogP contribution in [0.25, 0.3) is 45.0 Å². The van der Waals surface area contributed by atoms with Gasteiger partial charge in [-0.1, -0.05) is 49.5 Å². The first-order valence-corrected chi connectivity index (χ1v) is 40.7. The molecule has 121 heavy (non-hydrogen) atoms. The molecule has 34 nitrogen and oxygen atoms in total. The van der Waals surface area contributed by atoms with Gasteiger partial charge in [0.15, 0.2) is 0 Å². The van der Waals surface area contributed by atoms with Crippen LogP contribution in [0.2, 0.25) is 10.0 Å². The van der Waals surface area contributed by atoms with Gasteiger partial charge < -0.3 is 92.2 Å². The minimum Gasteiger partial charge on any atom is -0.496 e. The van der Waals surface area contributed by atoms with Crippen LogP contribution in [0.3, 0.4) is 0 Å². The minimum atomic E-state index is -0.576. The van der Waals surface area contributed by atoms with E-state index in [-0.39, 0.29) is 71.5 Å². The van der Waals surface area contributed by atoms with Gasteiger partial charge in [-0.3, -0.25) is 38.4 Å². The largest absolute Gasteiger partial charge is 0.496 e. The summed E-state index contributed by atoms with van der Waals surface area (Å²) in [5.74, 6) is 4.36. The van der Waals surface area contributed by atoms with Crippen molar-refractivity contribution in [3.8, 4) is 79.5 Å². The molecule has 5 atom stereocenters. The second-order valence-electron chi connectivity index (χ2n) is 30.4. The van der Waals surface area contributed by atoms with Crippen molar-refractivity contribution < 1.29 is 66.8 Å². The highest BCUT2D eigenvalue weighted by molar-refractivity contribution is 9.10. The Kier molecular flexibility index (Phi) is 25.6. The lowest BCUT2D eigenvalue weighted by molar-refractivity contribution is -0.134. The van der Waals surface area contributed by atoms with E-state index in [1.807, 2.05) is 59.1 Å². The van der Waals surface area contributed by atoms with Gasteiger partial charge in [-0.2, -0.15) is 20.4 Å². The van der Waals surface area contributed by atoms with E-state index in [1.165, 1.54) is 24.3 Å². The number of halogens is 3. The molecule has 5 unspecified atom stereocenters. The van der Waals surface area contributed by atoms with Gasteiger partial charge in [0.25, 0.3) is 23.6 Å². The molecule has 12 N–H and O–H groups in total. The fourth-order valence-electron chi connectivity index (χ4n) is 17.1. The monoisotopic (exact) mass is 1760 g/mol. The second kappa shape index (κ2) is 35.8. The van der Waals surface area contributed by atoms with Gasteiger partial charge in [-0.25, -0.2) is 18.7 Å². The summed E-state index contributed by atoms with van der Waals surface area (Å²) in [7, 11) is 9.44. The number of methoxy groups -OCH3 is 6. The maximum absolute atomic E-state index is 12.4. The van der Waals surface area contributed by atoms with Crippen LogP contribution in [0.1, 0.15) is 102 Å². The Labute approximate surface area is 716 Å². The molecule has 16 rings (SSSR count). The molecule has 8 aliphatic heterocycles. The highest BCUT2D eigenvalue weighted by Gasteiger charge is 2.46. The SMILES string of the molecule is C=CC(=O)N1CC(C2CCNc3c(C(N)=O)c(-c4cc(Cl)c(C)c(Cl)c4)nn32)C1.C=CC(=O)N1CC(C2CCNc3c(C(N)=O)c(-c4cc(OC)c(Br)c(OC)c4)nn32)C1.C=CC(=O)N1CC(C2CCNc3c(C(N)=O)c(-c4cc(OC)c(C)c(OC)c4)nn32)C1.C=CC(=O)N1CC2CNc3c(C(N)=O)c(-c4cc(OC)c(C)c(OC)c4)nn3C2C1. The third-order valence-electron chi connectivity index (χ3n) is 23.7. The molecule has 0 saturated carbocycles. The van der Waals surface area contributed by atoms with Crippen LogP contribution < -0.4 is 72.6 Å². The fraction of sp³-hybridized carbons (Fsp3) is 0.381. The average molecular weight is 1760 g/mol. The molecule has 0 bridgehead atoms. The van der Waals surface area contributed by atoms with E-state index >= 15 is 0 Å². The first-order chi connectivity index (χ1) is 58.0.